The number of nitrogens with one attached hydrogen (secondary N) is 1. The molecular weight excluding hydrogens is 258 g/mol. The van der Waals surface area contributed by atoms with E-state index in [0.717, 1.165) is 5.69 Å². The molecule has 0 radical (unpaired) electrons. The van der Waals surface area contributed by atoms with E-state index >= 15 is 0 Å². The van der Waals surface area contributed by atoms with Crippen molar-refractivity contribution >= 4 is 22.3 Å². The van der Waals surface area contributed by atoms with Crippen LogP contribution in [0.3, 0.4) is 0 Å². The van der Waals surface area contributed by atoms with Crippen molar-refractivity contribution < 1.29 is 9.66 Å². The van der Waals surface area contributed by atoms with E-state index in [1.54, 1.807) is 31.5 Å². The van der Waals surface area contributed by atoms with Crippen LogP contribution < -0.4 is 5.32 Å². The lowest BCUT2D eigenvalue weighted by molar-refractivity contribution is -0.383. The predicted molar refractivity (Wildman–Crippen MR) is 78.0 cm³/mol. The van der Waals surface area contributed by atoms with E-state index in [-0.39, 0.29) is 11.2 Å². The number of hydrogen-bond acceptors (Lipinski definition) is 5. The van der Waals surface area contributed by atoms with Crippen molar-refractivity contribution in [2.75, 3.05) is 19.0 Å². The highest BCUT2D eigenvalue weighted by atomic mass is 16.6. The zero-order chi connectivity index (χ0) is 14.8. The summed E-state index contributed by atoms with van der Waals surface area (Å²) in [6.45, 7) is 4.50. The van der Waals surface area contributed by atoms with Crippen LogP contribution in [0.1, 0.15) is 13.8 Å². The fourth-order valence-electron chi connectivity index (χ4n) is 2.18. The molecular formula is C14H17N3O3. The van der Waals surface area contributed by atoms with Crippen LogP contribution in [0.2, 0.25) is 0 Å². The molecule has 0 saturated carbocycles. The van der Waals surface area contributed by atoms with Crippen molar-refractivity contribution in [2.24, 2.45) is 0 Å². The number of methoxy groups -OCH3 is 1. The van der Waals surface area contributed by atoms with Crippen molar-refractivity contribution in [1.82, 2.24) is 4.98 Å². The SMILES string of the molecule is COCC(C)(C)Nc1ccc([N+](=O)[O-])c2cccnc12. The Balaban J connectivity index is 2.51. The molecule has 1 heterocycles. The molecule has 6 heteroatoms. The average Bonchev–Trinajstić information content (AvgIpc) is 2.38. The summed E-state index contributed by atoms with van der Waals surface area (Å²) in [5.74, 6) is 0. The standard InChI is InChI=1S/C14H17N3O3/c1-14(2,9-20-3)16-11-6-7-12(17(18)19)10-5-4-8-15-13(10)11/h4-8,16H,9H2,1-3H3. The number of nitro benzene ring substituents is 1. The Hall–Kier alpha value is -2.21. The largest absolute Gasteiger partial charge is 0.382 e. The van der Waals surface area contributed by atoms with Gasteiger partial charge in [0, 0.05) is 19.4 Å². The van der Waals surface area contributed by atoms with Crippen LogP contribution in [-0.4, -0.2) is 29.2 Å². The lowest BCUT2D eigenvalue weighted by atomic mass is 10.1. The molecule has 0 unspecified atom stereocenters. The molecule has 1 aromatic heterocycles. The van der Waals surface area contributed by atoms with Crippen molar-refractivity contribution in [3.63, 3.8) is 0 Å². The molecule has 0 bridgehead atoms. The number of ether oxygens (including phenoxy) is 1. The van der Waals surface area contributed by atoms with E-state index < -0.39 is 4.92 Å². The fraction of sp³-hybridized carbons (Fsp3) is 0.357. The molecule has 106 valence electrons. The number of hydrogen-bond donors (Lipinski definition) is 1. The predicted octanol–water partition coefficient (Wildman–Crippen LogP) is 2.98. The van der Waals surface area contributed by atoms with Gasteiger partial charge in [-0.05, 0) is 32.0 Å². The molecule has 2 aromatic rings. The third-order valence-corrected chi connectivity index (χ3v) is 2.92. The van der Waals surface area contributed by atoms with Gasteiger partial charge in [-0.1, -0.05) is 0 Å². The first-order chi connectivity index (χ1) is 9.44. The van der Waals surface area contributed by atoms with Gasteiger partial charge >= 0.3 is 0 Å². The summed E-state index contributed by atoms with van der Waals surface area (Å²) in [5, 5.41) is 14.9. The molecule has 0 atom stereocenters. The zero-order valence-electron chi connectivity index (χ0n) is 11.7. The molecule has 0 spiro atoms. The number of pyridine rings is 1. The van der Waals surface area contributed by atoms with Crippen molar-refractivity contribution in [1.29, 1.82) is 0 Å². The van der Waals surface area contributed by atoms with Crippen LogP contribution in [0.15, 0.2) is 30.5 Å². The van der Waals surface area contributed by atoms with Gasteiger partial charge in [0.2, 0.25) is 0 Å². The van der Waals surface area contributed by atoms with Gasteiger partial charge in [0.25, 0.3) is 5.69 Å². The minimum absolute atomic E-state index is 0.0585. The Morgan fingerprint density at radius 1 is 1.40 bits per heavy atom. The van der Waals surface area contributed by atoms with Gasteiger partial charge in [-0.3, -0.25) is 15.1 Å². The monoisotopic (exact) mass is 275 g/mol. The molecule has 0 amide bonds. The maximum atomic E-state index is 11.1. The molecule has 0 fully saturated rings. The number of non-ortho nitro benzene ring substituents is 1. The Morgan fingerprint density at radius 2 is 2.15 bits per heavy atom. The number of aromatic nitrogens is 1. The summed E-state index contributed by atoms with van der Waals surface area (Å²) in [4.78, 5) is 14.9. The van der Waals surface area contributed by atoms with Crippen LogP contribution in [0.25, 0.3) is 10.9 Å². The minimum Gasteiger partial charge on any atom is -0.382 e. The van der Waals surface area contributed by atoms with Gasteiger partial charge in [0.05, 0.1) is 28.1 Å². The maximum Gasteiger partial charge on any atom is 0.278 e. The molecule has 0 aliphatic rings. The second-order valence-corrected chi connectivity index (χ2v) is 5.23. The van der Waals surface area contributed by atoms with Gasteiger partial charge in [-0.2, -0.15) is 0 Å². The Kier molecular flexibility index (Phi) is 3.85. The van der Waals surface area contributed by atoms with Crippen LogP contribution in [0.5, 0.6) is 0 Å². The maximum absolute atomic E-state index is 11.1. The number of nitro groups is 1. The third-order valence-electron chi connectivity index (χ3n) is 2.92. The molecule has 20 heavy (non-hydrogen) atoms. The Bertz CT molecular complexity index is 641. The number of rotatable bonds is 5. The first-order valence-corrected chi connectivity index (χ1v) is 6.24. The lowest BCUT2D eigenvalue weighted by Crippen LogP contribution is -2.36. The first kappa shape index (κ1) is 14.2. The van der Waals surface area contributed by atoms with Crippen LogP contribution in [0.4, 0.5) is 11.4 Å². The Morgan fingerprint density at radius 3 is 2.80 bits per heavy atom. The third kappa shape index (κ3) is 2.85. The number of nitrogens with zero attached hydrogens (tertiary/aromatic N) is 2. The minimum atomic E-state index is -0.395. The summed E-state index contributed by atoms with van der Waals surface area (Å²) < 4.78 is 5.16. The van der Waals surface area contributed by atoms with E-state index in [1.807, 2.05) is 13.8 Å². The molecule has 2 rings (SSSR count). The summed E-state index contributed by atoms with van der Waals surface area (Å²) in [7, 11) is 1.63. The molecule has 1 N–H and O–H groups in total. The smallest absolute Gasteiger partial charge is 0.278 e. The van der Waals surface area contributed by atoms with Crippen molar-refractivity contribution in [2.45, 2.75) is 19.4 Å². The topological polar surface area (TPSA) is 77.3 Å². The Labute approximate surface area is 116 Å². The average molecular weight is 275 g/mol. The summed E-state index contributed by atoms with van der Waals surface area (Å²) >= 11 is 0. The number of fused-ring (bicyclic) bond motifs is 1. The molecule has 0 saturated heterocycles. The summed E-state index contributed by atoms with van der Waals surface area (Å²) in [5.41, 5.74) is 1.11. The lowest BCUT2D eigenvalue weighted by Gasteiger charge is -2.27. The van der Waals surface area contributed by atoms with Gasteiger partial charge < -0.3 is 10.1 Å². The van der Waals surface area contributed by atoms with Gasteiger partial charge in [-0.25, -0.2) is 0 Å². The molecule has 6 nitrogen and oxygen atoms in total. The van der Waals surface area contributed by atoms with E-state index in [9.17, 15) is 10.1 Å². The molecule has 0 aliphatic heterocycles. The van der Waals surface area contributed by atoms with Gasteiger partial charge in [0.1, 0.15) is 5.52 Å². The van der Waals surface area contributed by atoms with E-state index in [2.05, 4.69) is 10.3 Å². The summed E-state index contributed by atoms with van der Waals surface area (Å²) in [6, 6.07) is 6.58. The highest BCUT2D eigenvalue weighted by Gasteiger charge is 2.21. The van der Waals surface area contributed by atoms with Crippen LogP contribution in [-0.2, 0) is 4.74 Å². The zero-order valence-corrected chi connectivity index (χ0v) is 11.7. The van der Waals surface area contributed by atoms with E-state index in [0.29, 0.717) is 17.5 Å². The van der Waals surface area contributed by atoms with Crippen LogP contribution >= 0.6 is 0 Å². The first-order valence-electron chi connectivity index (χ1n) is 6.24. The quantitative estimate of drug-likeness (QED) is 0.670. The fourth-order valence-corrected chi connectivity index (χ4v) is 2.18. The van der Waals surface area contributed by atoms with Crippen LogP contribution in [0, 0.1) is 10.1 Å². The highest BCUT2D eigenvalue weighted by Crippen LogP contribution is 2.31. The second kappa shape index (κ2) is 5.42. The van der Waals surface area contributed by atoms with Crippen molar-refractivity contribution in [3.8, 4) is 0 Å². The molecule has 0 aliphatic carbocycles. The van der Waals surface area contributed by atoms with E-state index in [1.165, 1.54) is 6.07 Å². The van der Waals surface area contributed by atoms with Gasteiger partial charge in [-0.15, -0.1) is 0 Å². The second-order valence-electron chi connectivity index (χ2n) is 5.23. The van der Waals surface area contributed by atoms with E-state index in [4.69, 9.17) is 4.74 Å². The molecule has 1 aromatic carbocycles. The number of benzene rings is 1. The number of anilines is 1. The van der Waals surface area contributed by atoms with Crippen molar-refractivity contribution in [3.05, 3.63) is 40.6 Å². The normalized spacial score (nSPS) is 11.6. The van der Waals surface area contributed by atoms with Gasteiger partial charge in [0.15, 0.2) is 0 Å². The summed E-state index contributed by atoms with van der Waals surface area (Å²) in [6.07, 6.45) is 1.63. The highest BCUT2D eigenvalue weighted by molar-refractivity contribution is 5.96.